The zero-order valence-corrected chi connectivity index (χ0v) is 12.1. The van der Waals surface area contributed by atoms with E-state index < -0.39 is 11.4 Å². The fraction of sp³-hybridized carbons (Fsp3) is 0.467. The van der Waals surface area contributed by atoms with Gasteiger partial charge >= 0.3 is 5.97 Å². The first-order chi connectivity index (χ1) is 10.1. The van der Waals surface area contributed by atoms with Gasteiger partial charge in [-0.2, -0.15) is 0 Å². The molecule has 1 amide bonds. The minimum absolute atomic E-state index is 0.0283. The largest absolute Gasteiger partial charge is 0.482 e. The summed E-state index contributed by atoms with van der Waals surface area (Å²) in [7, 11) is 1.30. The average molecular weight is 292 g/mol. The average Bonchev–Trinajstić information content (AvgIpc) is 2.45. The number of rotatable bonds is 6. The highest BCUT2D eigenvalue weighted by Gasteiger charge is 2.42. The van der Waals surface area contributed by atoms with Crippen molar-refractivity contribution in [2.75, 3.05) is 25.6 Å². The molecule has 3 N–H and O–H groups in total. The van der Waals surface area contributed by atoms with Crippen LogP contribution in [0.2, 0.25) is 0 Å². The minimum atomic E-state index is -0.442. The van der Waals surface area contributed by atoms with E-state index in [2.05, 4.69) is 10.1 Å². The number of nitrogens with one attached hydrogen (secondary N) is 1. The van der Waals surface area contributed by atoms with Gasteiger partial charge in [0.15, 0.2) is 6.61 Å². The lowest BCUT2D eigenvalue weighted by Crippen LogP contribution is -2.47. The molecule has 0 spiro atoms. The monoisotopic (exact) mass is 292 g/mol. The van der Waals surface area contributed by atoms with Gasteiger partial charge in [0.1, 0.15) is 5.75 Å². The summed E-state index contributed by atoms with van der Waals surface area (Å²) in [6, 6.07) is 6.84. The third-order valence-corrected chi connectivity index (χ3v) is 3.88. The van der Waals surface area contributed by atoms with Crippen LogP contribution in [0.5, 0.6) is 5.75 Å². The third-order valence-electron chi connectivity index (χ3n) is 3.88. The van der Waals surface area contributed by atoms with Crippen LogP contribution >= 0.6 is 0 Å². The maximum absolute atomic E-state index is 12.2. The van der Waals surface area contributed by atoms with E-state index in [0.717, 1.165) is 19.3 Å². The van der Waals surface area contributed by atoms with Crippen LogP contribution in [0.15, 0.2) is 24.3 Å². The number of nitrogens with two attached hydrogens (primary N) is 1. The highest BCUT2D eigenvalue weighted by Crippen LogP contribution is 2.40. The standard InChI is InChI=1S/C15H20N2O4/c1-20-13(18)9-21-12-5-3-11(4-6-12)17-14(19)15(10-16)7-2-8-15/h3-6H,2,7-10,16H2,1H3,(H,17,19). The number of carbonyl (C=O) groups excluding carboxylic acids is 2. The molecular weight excluding hydrogens is 272 g/mol. The van der Waals surface area contributed by atoms with E-state index in [1.807, 2.05) is 0 Å². The summed E-state index contributed by atoms with van der Waals surface area (Å²) in [5, 5.41) is 2.87. The first-order valence-corrected chi connectivity index (χ1v) is 6.91. The molecule has 2 rings (SSSR count). The minimum Gasteiger partial charge on any atom is -0.482 e. The molecule has 0 bridgehead atoms. The Kier molecular flexibility index (Phi) is 4.80. The smallest absolute Gasteiger partial charge is 0.343 e. The molecule has 6 heteroatoms. The molecule has 1 aromatic rings. The highest BCUT2D eigenvalue weighted by atomic mass is 16.6. The highest BCUT2D eigenvalue weighted by molar-refractivity contribution is 5.96. The number of ether oxygens (including phenoxy) is 2. The second-order valence-corrected chi connectivity index (χ2v) is 5.18. The fourth-order valence-corrected chi connectivity index (χ4v) is 2.23. The number of amides is 1. The normalized spacial score (nSPS) is 15.7. The molecule has 1 saturated carbocycles. The van der Waals surface area contributed by atoms with Gasteiger partial charge in [0.2, 0.25) is 5.91 Å². The Morgan fingerprint density at radius 2 is 1.95 bits per heavy atom. The van der Waals surface area contributed by atoms with Crippen molar-refractivity contribution in [2.24, 2.45) is 11.1 Å². The summed E-state index contributed by atoms with van der Waals surface area (Å²) >= 11 is 0. The zero-order chi connectivity index (χ0) is 15.3. The van der Waals surface area contributed by atoms with Gasteiger partial charge in [-0.1, -0.05) is 6.42 Å². The van der Waals surface area contributed by atoms with Crippen molar-refractivity contribution in [3.8, 4) is 5.75 Å². The summed E-state index contributed by atoms with van der Waals surface area (Å²) in [6.45, 7) is 0.234. The van der Waals surface area contributed by atoms with Crippen molar-refractivity contribution < 1.29 is 19.1 Å². The predicted octanol–water partition coefficient (Wildman–Crippen LogP) is 1.31. The third kappa shape index (κ3) is 3.52. The molecule has 1 aromatic carbocycles. The van der Waals surface area contributed by atoms with Gasteiger partial charge in [-0.05, 0) is 37.1 Å². The van der Waals surface area contributed by atoms with Crippen molar-refractivity contribution in [3.63, 3.8) is 0 Å². The van der Waals surface area contributed by atoms with Crippen molar-refractivity contribution >= 4 is 17.6 Å². The van der Waals surface area contributed by atoms with E-state index in [9.17, 15) is 9.59 Å². The fourth-order valence-electron chi connectivity index (χ4n) is 2.23. The van der Waals surface area contributed by atoms with Crippen molar-refractivity contribution in [1.29, 1.82) is 0 Å². The first-order valence-electron chi connectivity index (χ1n) is 6.91. The Labute approximate surface area is 123 Å². The van der Waals surface area contributed by atoms with Crippen LogP contribution in [0, 0.1) is 5.41 Å². The molecule has 0 radical (unpaired) electrons. The predicted molar refractivity (Wildman–Crippen MR) is 77.9 cm³/mol. The lowest BCUT2D eigenvalue weighted by molar-refractivity contribution is -0.142. The molecule has 0 aromatic heterocycles. The Bertz CT molecular complexity index is 503. The van der Waals surface area contributed by atoms with Gasteiger partial charge in [-0.25, -0.2) is 4.79 Å². The number of esters is 1. The summed E-state index contributed by atoms with van der Waals surface area (Å²) in [5.74, 6) is 0.0670. The zero-order valence-electron chi connectivity index (χ0n) is 12.1. The number of hydrogen-bond acceptors (Lipinski definition) is 5. The summed E-state index contributed by atoms with van der Waals surface area (Å²) < 4.78 is 9.72. The van der Waals surface area contributed by atoms with Gasteiger partial charge in [-0.3, -0.25) is 4.79 Å². The molecule has 0 heterocycles. The topological polar surface area (TPSA) is 90.6 Å². The SMILES string of the molecule is COC(=O)COc1ccc(NC(=O)C2(CN)CCC2)cc1. The van der Waals surface area contributed by atoms with Gasteiger partial charge in [0, 0.05) is 12.2 Å². The van der Waals surface area contributed by atoms with Crippen LogP contribution in [0.4, 0.5) is 5.69 Å². The molecule has 1 aliphatic rings. The molecule has 1 fully saturated rings. The maximum atomic E-state index is 12.2. The Morgan fingerprint density at radius 1 is 1.29 bits per heavy atom. The van der Waals surface area contributed by atoms with Gasteiger partial charge in [0.05, 0.1) is 12.5 Å². The van der Waals surface area contributed by atoms with Crippen LogP contribution in [-0.2, 0) is 14.3 Å². The van der Waals surface area contributed by atoms with E-state index in [1.165, 1.54) is 7.11 Å². The van der Waals surface area contributed by atoms with E-state index in [-0.39, 0.29) is 12.5 Å². The lowest BCUT2D eigenvalue weighted by Gasteiger charge is -2.39. The van der Waals surface area contributed by atoms with Gasteiger partial charge < -0.3 is 20.5 Å². The molecule has 0 atom stereocenters. The number of benzene rings is 1. The number of anilines is 1. The van der Waals surface area contributed by atoms with Crippen LogP contribution in [-0.4, -0.2) is 32.1 Å². The molecule has 6 nitrogen and oxygen atoms in total. The maximum Gasteiger partial charge on any atom is 0.343 e. The molecule has 0 saturated heterocycles. The molecule has 0 aliphatic heterocycles. The van der Waals surface area contributed by atoms with Crippen molar-refractivity contribution in [1.82, 2.24) is 0 Å². The molecule has 0 unspecified atom stereocenters. The second-order valence-electron chi connectivity index (χ2n) is 5.18. The summed E-state index contributed by atoms with van der Waals surface area (Å²) in [6.07, 6.45) is 2.73. The van der Waals surface area contributed by atoms with Crippen molar-refractivity contribution in [2.45, 2.75) is 19.3 Å². The quantitative estimate of drug-likeness (QED) is 0.771. The molecule has 21 heavy (non-hydrogen) atoms. The van der Waals surface area contributed by atoms with E-state index >= 15 is 0 Å². The lowest BCUT2D eigenvalue weighted by atomic mass is 9.68. The van der Waals surface area contributed by atoms with E-state index in [0.29, 0.717) is 18.0 Å². The van der Waals surface area contributed by atoms with Crippen LogP contribution in [0.3, 0.4) is 0 Å². The first kappa shape index (κ1) is 15.3. The van der Waals surface area contributed by atoms with Gasteiger partial charge in [-0.15, -0.1) is 0 Å². The Balaban J connectivity index is 1.90. The second kappa shape index (κ2) is 6.58. The molecule has 1 aliphatic carbocycles. The van der Waals surface area contributed by atoms with Crippen molar-refractivity contribution in [3.05, 3.63) is 24.3 Å². The Morgan fingerprint density at radius 3 is 2.43 bits per heavy atom. The van der Waals surface area contributed by atoms with Gasteiger partial charge in [0.25, 0.3) is 0 Å². The Hall–Kier alpha value is -2.08. The van der Waals surface area contributed by atoms with E-state index in [1.54, 1.807) is 24.3 Å². The van der Waals surface area contributed by atoms with Crippen LogP contribution in [0.1, 0.15) is 19.3 Å². The number of carbonyl (C=O) groups is 2. The summed E-state index contributed by atoms with van der Waals surface area (Å²) in [5.41, 5.74) is 5.99. The molecule has 114 valence electrons. The van der Waals surface area contributed by atoms with Crippen LogP contribution < -0.4 is 15.8 Å². The summed E-state index contributed by atoms with van der Waals surface area (Å²) in [4.78, 5) is 23.2. The van der Waals surface area contributed by atoms with Crippen LogP contribution in [0.25, 0.3) is 0 Å². The molecular formula is C15H20N2O4. The number of hydrogen-bond donors (Lipinski definition) is 2. The number of methoxy groups -OCH3 is 1. The van der Waals surface area contributed by atoms with E-state index in [4.69, 9.17) is 10.5 Å².